The van der Waals surface area contributed by atoms with E-state index >= 15 is 0 Å². The van der Waals surface area contributed by atoms with E-state index in [-0.39, 0.29) is 0 Å². The lowest BCUT2D eigenvalue weighted by molar-refractivity contribution is 0.452. The van der Waals surface area contributed by atoms with Crippen LogP contribution in [0, 0.1) is 17.5 Å². The van der Waals surface area contributed by atoms with E-state index in [1.807, 2.05) is 4.98 Å². The Bertz CT molecular complexity index is 646. The fourth-order valence-electron chi connectivity index (χ4n) is 1.21. The van der Waals surface area contributed by atoms with Gasteiger partial charge in [-0.2, -0.15) is 0 Å². The Labute approximate surface area is 89.7 Å². The molecule has 1 heterocycles. The Kier molecular flexibility index (Phi) is 2.27. The van der Waals surface area contributed by atoms with E-state index in [0.29, 0.717) is 0 Å². The Balaban J connectivity index is 3.15. The molecule has 0 saturated heterocycles. The van der Waals surface area contributed by atoms with E-state index in [4.69, 9.17) is 11.6 Å². The van der Waals surface area contributed by atoms with Gasteiger partial charge in [-0.05, 0) is 0 Å². The smallest absolute Gasteiger partial charge is 0.314 e. The molecule has 0 radical (unpaired) electrons. The molecule has 2 N–H and O–H groups in total. The van der Waals surface area contributed by atoms with E-state index in [1.54, 1.807) is 4.98 Å². The van der Waals surface area contributed by atoms with Gasteiger partial charge in [-0.3, -0.25) is 9.59 Å². The third-order valence-electron chi connectivity index (χ3n) is 1.95. The number of halogens is 4. The van der Waals surface area contributed by atoms with Gasteiger partial charge in [0.15, 0.2) is 17.5 Å². The van der Waals surface area contributed by atoms with Crippen LogP contribution in [0.3, 0.4) is 0 Å². The Hall–Kier alpha value is -1.76. The molecular formula is C8H2ClF3N2O2. The minimum atomic E-state index is -1.82. The molecule has 2 rings (SSSR count). The van der Waals surface area contributed by atoms with Crippen molar-refractivity contribution in [3.63, 3.8) is 0 Å². The van der Waals surface area contributed by atoms with Crippen molar-refractivity contribution in [2.24, 2.45) is 0 Å². The molecule has 0 bridgehead atoms. The maximum Gasteiger partial charge on any atom is 0.314 e. The summed E-state index contributed by atoms with van der Waals surface area (Å²) < 4.78 is 39.1. The second-order valence-corrected chi connectivity index (χ2v) is 3.29. The zero-order valence-electron chi connectivity index (χ0n) is 7.33. The van der Waals surface area contributed by atoms with Crippen LogP contribution in [0.2, 0.25) is 5.02 Å². The molecule has 0 atom stereocenters. The Morgan fingerprint density at radius 3 is 1.88 bits per heavy atom. The summed E-state index contributed by atoms with van der Waals surface area (Å²) in [5.74, 6) is -5.07. The molecule has 4 nitrogen and oxygen atoms in total. The first-order valence-corrected chi connectivity index (χ1v) is 4.29. The summed E-state index contributed by atoms with van der Waals surface area (Å²) in [4.78, 5) is 25.4. The molecule has 0 saturated carbocycles. The van der Waals surface area contributed by atoms with Crippen molar-refractivity contribution in [3.05, 3.63) is 43.2 Å². The van der Waals surface area contributed by atoms with Gasteiger partial charge in [-0.25, -0.2) is 13.2 Å². The van der Waals surface area contributed by atoms with Gasteiger partial charge < -0.3 is 9.97 Å². The minimum Gasteiger partial charge on any atom is -0.314 e. The van der Waals surface area contributed by atoms with E-state index in [9.17, 15) is 22.8 Å². The normalized spacial score (nSPS) is 11.0. The first-order valence-electron chi connectivity index (χ1n) is 3.91. The molecule has 0 spiro atoms. The molecule has 0 aliphatic carbocycles. The molecule has 2 aromatic rings. The van der Waals surface area contributed by atoms with Crippen LogP contribution in [0.1, 0.15) is 0 Å². The third kappa shape index (κ3) is 1.32. The predicted molar refractivity (Wildman–Crippen MR) is 50.1 cm³/mol. The monoisotopic (exact) mass is 250 g/mol. The Morgan fingerprint density at radius 2 is 1.31 bits per heavy atom. The quantitative estimate of drug-likeness (QED) is 0.420. The number of rotatable bonds is 0. The lowest BCUT2D eigenvalue weighted by Crippen LogP contribution is -2.29. The molecule has 0 aliphatic heterocycles. The van der Waals surface area contributed by atoms with Crippen molar-refractivity contribution in [1.29, 1.82) is 0 Å². The second kappa shape index (κ2) is 3.38. The zero-order valence-corrected chi connectivity index (χ0v) is 8.08. The minimum absolute atomic E-state index is 0.498. The number of hydrogen-bond acceptors (Lipinski definition) is 2. The van der Waals surface area contributed by atoms with Crippen LogP contribution < -0.4 is 11.1 Å². The van der Waals surface area contributed by atoms with Crippen LogP contribution in [0.4, 0.5) is 13.2 Å². The lowest BCUT2D eigenvalue weighted by Gasteiger charge is -2.03. The van der Waals surface area contributed by atoms with E-state index < -0.39 is 44.6 Å². The fourth-order valence-corrected chi connectivity index (χ4v) is 1.43. The van der Waals surface area contributed by atoms with Gasteiger partial charge in [-0.1, -0.05) is 11.6 Å². The topological polar surface area (TPSA) is 65.7 Å². The third-order valence-corrected chi connectivity index (χ3v) is 2.31. The summed E-state index contributed by atoms with van der Waals surface area (Å²) in [6.07, 6.45) is 0. The molecular weight excluding hydrogens is 249 g/mol. The van der Waals surface area contributed by atoms with Crippen LogP contribution in [0.15, 0.2) is 9.59 Å². The SMILES string of the molecule is O=c1[nH]c2c(F)c(F)c(F)c(Cl)c2[nH]c1=O. The van der Waals surface area contributed by atoms with Gasteiger partial charge in [0.2, 0.25) is 0 Å². The highest BCUT2D eigenvalue weighted by molar-refractivity contribution is 6.35. The zero-order chi connectivity index (χ0) is 12.0. The van der Waals surface area contributed by atoms with Gasteiger partial charge in [0.25, 0.3) is 0 Å². The molecule has 1 aromatic heterocycles. The van der Waals surface area contributed by atoms with Crippen molar-refractivity contribution in [2.75, 3.05) is 0 Å². The molecule has 0 amide bonds. The summed E-state index contributed by atoms with van der Waals surface area (Å²) in [7, 11) is 0. The van der Waals surface area contributed by atoms with Crippen molar-refractivity contribution in [2.45, 2.75) is 0 Å². The van der Waals surface area contributed by atoms with Crippen molar-refractivity contribution >= 4 is 22.6 Å². The van der Waals surface area contributed by atoms with E-state index in [0.717, 1.165) is 0 Å². The number of fused-ring (bicyclic) bond motifs is 1. The van der Waals surface area contributed by atoms with Crippen LogP contribution in [0.5, 0.6) is 0 Å². The molecule has 1 aromatic carbocycles. The standard InChI is InChI=1S/C8H2ClF3N2O2/c9-1-2(10)3(11)4(12)6-5(1)13-7(15)8(16)14-6/h(H,13,15)(H,14,16). The number of aromatic nitrogens is 2. The molecule has 0 aliphatic rings. The highest BCUT2D eigenvalue weighted by Gasteiger charge is 2.20. The average Bonchev–Trinajstić information content (AvgIpc) is 2.26. The van der Waals surface area contributed by atoms with Crippen LogP contribution in [-0.4, -0.2) is 9.97 Å². The first-order chi connectivity index (χ1) is 7.43. The van der Waals surface area contributed by atoms with Gasteiger partial charge in [0.05, 0.1) is 5.52 Å². The number of nitrogens with one attached hydrogen (secondary N) is 2. The van der Waals surface area contributed by atoms with Crippen molar-refractivity contribution < 1.29 is 13.2 Å². The van der Waals surface area contributed by atoms with Crippen molar-refractivity contribution in [3.8, 4) is 0 Å². The van der Waals surface area contributed by atoms with Crippen LogP contribution in [-0.2, 0) is 0 Å². The largest absolute Gasteiger partial charge is 0.314 e. The van der Waals surface area contributed by atoms with Crippen LogP contribution in [0.25, 0.3) is 11.0 Å². The molecule has 8 heteroatoms. The maximum absolute atomic E-state index is 13.2. The predicted octanol–water partition coefficient (Wildman–Crippen LogP) is 1.29. The van der Waals surface area contributed by atoms with Gasteiger partial charge in [-0.15, -0.1) is 0 Å². The molecule has 16 heavy (non-hydrogen) atoms. The Morgan fingerprint density at radius 1 is 0.812 bits per heavy atom. The second-order valence-electron chi connectivity index (χ2n) is 2.91. The fraction of sp³-hybridized carbons (Fsp3) is 0. The average molecular weight is 251 g/mol. The molecule has 84 valence electrons. The van der Waals surface area contributed by atoms with E-state index in [1.165, 1.54) is 0 Å². The summed E-state index contributed by atoms with van der Waals surface area (Å²) >= 11 is 5.35. The summed E-state index contributed by atoms with van der Waals surface area (Å²) in [6, 6.07) is 0. The number of H-pyrrole nitrogens is 2. The van der Waals surface area contributed by atoms with Gasteiger partial charge in [0, 0.05) is 0 Å². The van der Waals surface area contributed by atoms with E-state index in [2.05, 4.69) is 0 Å². The molecule has 0 unspecified atom stereocenters. The first kappa shape index (κ1) is 10.7. The summed E-state index contributed by atoms with van der Waals surface area (Å²) in [5, 5.41) is -0.803. The van der Waals surface area contributed by atoms with Crippen LogP contribution >= 0.6 is 11.6 Å². The highest BCUT2D eigenvalue weighted by atomic mass is 35.5. The van der Waals surface area contributed by atoms with Gasteiger partial charge in [0.1, 0.15) is 10.5 Å². The summed E-state index contributed by atoms with van der Waals surface area (Å²) in [5.41, 5.74) is -3.51. The number of benzene rings is 1. The number of aromatic amines is 2. The van der Waals surface area contributed by atoms with Crippen molar-refractivity contribution in [1.82, 2.24) is 9.97 Å². The summed E-state index contributed by atoms with van der Waals surface area (Å²) in [6.45, 7) is 0. The number of hydrogen-bond donors (Lipinski definition) is 2. The highest BCUT2D eigenvalue weighted by Crippen LogP contribution is 2.27. The van der Waals surface area contributed by atoms with Gasteiger partial charge >= 0.3 is 11.1 Å². The maximum atomic E-state index is 13.2. The lowest BCUT2D eigenvalue weighted by atomic mass is 10.2. The molecule has 0 fully saturated rings.